The van der Waals surface area contributed by atoms with Gasteiger partial charge in [-0.25, -0.2) is 15.0 Å². The molecule has 1 amide bonds. The Kier molecular flexibility index (Phi) is 3.92. The Bertz CT molecular complexity index is 1190. The highest BCUT2D eigenvalue weighted by molar-refractivity contribution is 5.77. The summed E-state index contributed by atoms with van der Waals surface area (Å²) >= 11 is 0. The van der Waals surface area contributed by atoms with E-state index in [0.717, 1.165) is 30.3 Å². The second-order valence-electron chi connectivity index (χ2n) is 7.19. The third-order valence-electron chi connectivity index (χ3n) is 5.32. The van der Waals surface area contributed by atoms with Crippen molar-refractivity contribution >= 4 is 28.1 Å². The quantitative estimate of drug-likeness (QED) is 0.575. The predicted octanol–water partition coefficient (Wildman–Crippen LogP) is 1.60. The second kappa shape index (κ2) is 6.59. The zero-order valence-corrected chi connectivity index (χ0v) is 15.1. The molecular formula is C19H18N8O. The number of nitrogens with zero attached hydrogens (tertiary/aromatic N) is 7. The smallest absolute Gasteiger partial charge is 0.220 e. The zero-order valence-electron chi connectivity index (χ0n) is 15.1. The van der Waals surface area contributed by atoms with Gasteiger partial charge in [0.15, 0.2) is 17.0 Å². The van der Waals surface area contributed by atoms with E-state index in [-0.39, 0.29) is 11.8 Å². The minimum atomic E-state index is -0.210. The lowest BCUT2D eigenvalue weighted by molar-refractivity contribution is -0.121. The molecule has 0 aromatic carbocycles. The van der Waals surface area contributed by atoms with Gasteiger partial charge in [-0.05, 0) is 49.4 Å². The average Bonchev–Trinajstić information content (AvgIpc) is 3.34. The minimum absolute atomic E-state index is 0.0312. The van der Waals surface area contributed by atoms with E-state index < -0.39 is 0 Å². The molecule has 0 unspecified atom stereocenters. The summed E-state index contributed by atoms with van der Waals surface area (Å²) in [6.07, 6.45) is 6.74. The molecule has 9 nitrogen and oxygen atoms in total. The lowest BCUT2D eigenvalue weighted by atomic mass is 10.0. The van der Waals surface area contributed by atoms with Crippen LogP contribution in [0, 0.1) is 11.8 Å². The summed E-state index contributed by atoms with van der Waals surface area (Å²) in [4.78, 5) is 29.4. The monoisotopic (exact) mass is 374 g/mol. The minimum Gasteiger partial charge on any atom is -0.369 e. The van der Waals surface area contributed by atoms with Gasteiger partial charge in [-0.15, -0.1) is 5.10 Å². The Labute approximate surface area is 160 Å². The summed E-state index contributed by atoms with van der Waals surface area (Å²) in [5, 5.41) is 8.36. The number of carbonyl (C=O) groups is 1. The molecule has 4 aromatic heterocycles. The molecule has 0 bridgehead atoms. The summed E-state index contributed by atoms with van der Waals surface area (Å²) < 4.78 is 1.62. The fourth-order valence-corrected chi connectivity index (χ4v) is 3.86. The van der Waals surface area contributed by atoms with Crippen molar-refractivity contribution < 1.29 is 4.79 Å². The van der Waals surface area contributed by atoms with E-state index in [1.165, 1.54) is 0 Å². The molecule has 2 atom stereocenters. The zero-order chi connectivity index (χ0) is 19.1. The highest BCUT2D eigenvalue weighted by atomic mass is 16.1. The van der Waals surface area contributed by atoms with Crippen LogP contribution >= 0.6 is 0 Å². The van der Waals surface area contributed by atoms with E-state index in [0.29, 0.717) is 35.1 Å². The fraction of sp³-hybridized carbons (Fsp3) is 0.316. The number of carbonyl (C=O) groups excluding carboxylic acids is 1. The van der Waals surface area contributed by atoms with Crippen LogP contribution in [0.2, 0.25) is 0 Å². The molecule has 1 aliphatic carbocycles. The molecule has 9 heteroatoms. The Morgan fingerprint density at radius 2 is 2.04 bits per heavy atom. The molecule has 0 radical (unpaired) electrons. The van der Waals surface area contributed by atoms with Crippen molar-refractivity contribution in [2.75, 3.05) is 0 Å². The van der Waals surface area contributed by atoms with Crippen LogP contribution in [-0.4, -0.2) is 40.8 Å². The van der Waals surface area contributed by atoms with Crippen molar-refractivity contribution in [3.63, 3.8) is 0 Å². The van der Waals surface area contributed by atoms with E-state index in [2.05, 4.69) is 30.2 Å². The largest absolute Gasteiger partial charge is 0.369 e. The van der Waals surface area contributed by atoms with Crippen LogP contribution < -0.4 is 5.73 Å². The van der Waals surface area contributed by atoms with Crippen molar-refractivity contribution in [2.45, 2.75) is 25.7 Å². The molecular weight excluding hydrogens is 356 g/mol. The molecule has 140 valence electrons. The summed E-state index contributed by atoms with van der Waals surface area (Å²) in [6, 6.07) is 7.50. The third-order valence-corrected chi connectivity index (χ3v) is 5.32. The van der Waals surface area contributed by atoms with Crippen molar-refractivity contribution in [1.82, 2.24) is 34.9 Å². The van der Waals surface area contributed by atoms with Gasteiger partial charge in [0.25, 0.3) is 0 Å². The maximum absolute atomic E-state index is 11.4. The lowest BCUT2D eigenvalue weighted by Gasteiger charge is -2.08. The summed E-state index contributed by atoms with van der Waals surface area (Å²) in [5.74, 6) is 1.47. The number of primary amides is 1. The predicted molar refractivity (Wildman–Crippen MR) is 101 cm³/mol. The number of amides is 1. The first-order chi connectivity index (χ1) is 13.7. The van der Waals surface area contributed by atoms with Crippen molar-refractivity contribution in [2.24, 2.45) is 17.6 Å². The third kappa shape index (κ3) is 2.94. The first kappa shape index (κ1) is 16.7. The van der Waals surface area contributed by atoms with E-state index in [9.17, 15) is 4.79 Å². The Hall–Kier alpha value is -3.49. The van der Waals surface area contributed by atoms with E-state index in [4.69, 9.17) is 5.73 Å². The van der Waals surface area contributed by atoms with Gasteiger partial charge in [0.2, 0.25) is 5.91 Å². The highest BCUT2D eigenvalue weighted by Crippen LogP contribution is 2.32. The van der Waals surface area contributed by atoms with E-state index >= 15 is 0 Å². The van der Waals surface area contributed by atoms with Gasteiger partial charge in [0.05, 0.1) is 17.2 Å². The van der Waals surface area contributed by atoms with E-state index in [1.54, 1.807) is 17.1 Å². The van der Waals surface area contributed by atoms with Crippen molar-refractivity contribution in [3.8, 4) is 5.82 Å². The van der Waals surface area contributed by atoms with E-state index in [1.807, 2.05) is 24.3 Å². The summed E-state index contributed by atoms with van der Waals surface area (Å²) in [5.41, 5.74) is 8.26. The maximum Gasteiger partial charge on any atom is 0.220 e. The van der Waals surface area contributed by atoms with Crippen LogP contribution in [0.3, 0.4) is 0 Å². The molecule has 0 saturated heterocycles. The average molecular weight is 374 g/mol. The molecule has 5 rings (SSSR count). The second-order valence-corrected chi connectivity index (χ2v) is 7.19. The normalized spacial score (nSPS) is 19.4. The Morgan fingerprint density at radius 1 is 1.11 bits per heavy atom. The fourth-order valence-electron chi connectivity index (χ4n) is 3.86. The molecule has 1 aliphatic rings. The first-order valence-electron chi connectivity index (χ1n) is 9.26. The number of rotatable bonds is 4. The van der Waals surface area contributed by atoms with Crippen LogP contribution in [-0.2, 0) is 11.2 Å². The molecule has 28 heavy (non-hydrogen) atoms. The first-order valence-corrected chi connectivity index (χ1v) is 9.26. The van der Waals surface area contributed by atoms with Gasteiger partial charge < -0.3 is 5.73 Å². The molecule has 4 heterocycles. The topological polar surface area (TPSA) is 125 Å². The SMILES string of the molecule is NC(=O)[C@@H]1CC[C@@H](Cc2ncc3nnn(-c4ccc5ncccc5n4)c3n2)C1. The van der Waals surface area contributed by atoms with Crippen LogP contribution in [0.25, 0.3) is 28.0 Å². The van der Waals surface area contributed by atoms with Gasteiger partial charge in [-0.2, -0.15) is 4.68 Å². The van der Waals surface area contributed by atoms with Gasteiger partial charge in [0.1, 0.15) is 5.82 Å². The number of fused-ring (bicyclic) bond motifs is 2. The molecule has 4 aromatic rings. The number of pyridine rings is 2. The summed E-state index contributed by atoms with van der Waals surface area (Å²) in [6.45, 7) is 0. The van der Waals surface area contributed by atoms with Crippen molar-refractivity contribution in [3.05, 3.63) is 42.5 Å². The Balaban J connectivity index is 1.47. The standard InChI is InChI=1S/C19H18N8O/c20-18(28)12-4-3-11(8-12)9-16-22-10-15-19(24-16)27(26-25-15)17-6-5-13-14(23-17)2-1-7-21-13/h1-2,5-7,10-12H,3-4,8-9H2,(H2,20,28)/t11-,12-/m1/s1. The van der Waals surface area contributed by atoms with Gasteiger partial charge in [-0.3, -0.25) is 9.78 Å². The van der Waals surface area contributed by atoms with Crippen molar-refractivity contribution in [1.29, 1.82) is 0 Å². The molecule has 0 spiro atoms. The van der Waals surface area contributed by atoms with Gasteiger partial charge in [0, 0.05) is 18.5 Å². The summed E-state index contributed by atoms with van der Waals surface area (Å²) in [7, 11) is 0. The number of nitrogens with two attached hydrogens (primary N) is 1. The van der Waals surface area contributed by atoms with Crippen LogP contribution in [0.1, 0.15) is 25.1 Å². The molecule has 1 saturated carbocycles. The molecule has 1 fully saturated rings. The molecule has 2 N–H and O–H groups in total. The van der Waals surface area contributed by atoms with Crippen LogP contribution in [0.4, 0.5) is 0 Å². The Morgan fingerprint density at radius 3 is 2.89 bits per heavy atom. The van der Waals surface area contributed by atoms with Gasteiger partial charge in [-0.1, -0.05) is 5.21 Å². The number of hydrogen-bond acceptors (Lipinski definition) is 7. The van der Waals surface area contributed by atoms with Crippen LogP contribution in [0.15, 0.2) is 36.7 Å². The number of hydrogen-bond donors (Lipinski definition) is 1. The highest BCUT2D eigenvalue weighted by Gasteiger charge is 2.29. The van der Waals surface area contributed by atoms with Crippen LogP contribution in [0.5, 0.6) is 0 Å². The molecule has 0 aliphatic heterocycles. The maximum atomic E-state index is 11.4. The lowest BCUT2D eigenvalue weighted by Crippen LogP contribution is -2.21. The number of aromatic nitrogens is 7. The van der Waals surface area contributed by atoms with Gasteiger partial charge >= 0.3 is 0 Å².